The number of carbonyl (C=O) groups is 2. The van der Waals surface area contributed by atoms with Crippen LogP contribution in [0.3, 0.4) is 0 Å². The minimum absolute atomic E-state index is 0.0652. The van der Waals surface area contributed by atoms with Gasteiger partial charge in [0.05, 0.1) is 6.10 Å². The summed E-state index contributed by atoms with van der Waals surface area (Å²) < 4.78 is 5.18. The summed E-state index contributed by atoms with van der Waals surface area (Å²) >= 11 is 0. The summed E-state index contributed by atoms with van der Waals surface area (Å²) in [5.74, 6) is -0.190. The van der Waals surface area contributed by atoms with E-state index in [1.54, 1.807) is 4.90 Å². The Kier molecular flexibility index (Phi) is 5.79. The van der Waals surface area contributed by atoms with Gasteiger partial charge in [-0.05, 0) is 40.0 Å². The highest BCUT2D eigenvalue weighted by atomic mass is 16.6. The molecule has 1 rings (SSSR count). The Balaban J connectivity index is 2.18. The summed E-state index contributed by atoms with van der Waals surface area (Å²) in [5, 5.41) is 9.37. The van der Waals surface area contributed by atoms with Gasteiger partial charge < -0.3 is 14.7 Å². The van der Waals surface area contributed by atoms with Gasteiger partial charge in [0.15, 0.2) is 0 Å². The fourth-order valence-corrected chi connectivity index (χ4v) is 2.05. The van der Waals surface area contributed by atoms with Gasteiger partial charge in [-0.1, -0.05) is 0 Å². The molecule has 0 aliphatic carbocycles. The standard InChI is InChI=1S/C14H25NO4/c1-14(2,3)19-13(18)6-4-5-12(17)15-9-7-11(16)8-10-15/h11,16H,4-10H2,1-3H3. The number of rotatable bonds is 4. The zero-order chi connectivity index (χ0) is 14.5. The first-order valence-corrected chi connectivity index (χ1v) is 6.95. The highest BCUT2D eigenvalue weighted by Crippen LogP contribution is 2.13. The second-order valence-electron chi connectivity index (χ2n) is 6.05. The second kappa shape index (κ2) is 6.89. The molecule has 0 bridgehead atoms. The van der Waals surface area contributed by atoms with Crippen molar-refractivity contribution < 1.29 is 19.4 Å². The Hall–Kier alpha value is -1.10. The minimum Gasteiger partial charge on any atom is -0.460 e. The Morgan fingerprint density at radius 1 is 1.21 bits per heavy atom. The van der Waals surface area contributed by atoms with E-state index >= 15 is 0 Å². The first-order chi connectivity index (χ1) is 8.78. The molecule has 1 aliphatic heterocycles. The van der Waals surface area contributed by atoms with Crippen molar-refractivity contribution in [2.75, 3.05) is 13.1 Å². The number of aliphatic hydroxyl groups excluding tert-OH is 1. The van der Waals surface area contributed by atoms with E-state index in [4.69, 9.17) is 4.74 Å². The molecule has 1 heterocycles. The molecule has 1 amide bonds. The molecule has 1 fully saturated rings. The molecular weight excluding hydrogens is 246 g/mol. The van der Waals surface area contributed by atoms with Gasteiger partial charge in [0, 0.05) is 25.9 Å². The van der Waals surface area contributed by atoms with Crippen LogP contribution in [0.25, 0.3) is 0 Å². The Labute approximate surface area is 114 Å². The molecular formula is C14H25NO4. The summed E-state index contributed by atoms with van der Waals surface area (Å²) in [6.07, 6.45) is 2.20. The number of nitrogens with zero attached hydrogens (tertiary/aromatic N) is 1. The molecule has 0 radical (unpaired) electrons. The average molecular weight is 271 g/mol. The van der Waals surface area contributed by atoms with Gasteiger partial charge in [0.25, 0.3) is 0 Å². The van der Waals surface area contributed by atoms with Gasteiger partial charge in [-0.15, -0.1) is 0 Å². The van der Waals surface area contributed by atoms with Crippen LogP contribution in [0.5, 0.6) is 0 Å². The van der Waals surface area contributed by atoms with Crippen LogP contribution in [0.2, 0.25) is 0 Å². The van der Waals surface area contributed by atoms with E-state index in [2.05, 4.69) is 0 Å². The number of ether oxygens (including phenoxy) is 1. The lowest BCUT2D eigenvalue weighted by molar-refractivity contribution is -0.154. The maximum atomic E-state index is 11.9. The lowest BCUT2D eigenvalue weighted by Crippen LogP contribution is -2.40. The van der Waals surface area contributed by atoms with Gasteiger partial charge in [-0.2, -0.15) is 0 Å². The Morgan fingerprint density at radius 2 is 1.79 bits per heavy atom. The lowest BCUT2D eigenvalue weighted by atomic mass is 10.1. The highest BCUT2D eigenvalue weighted by molar-refractivity contribution is 5.77. The number of hydrogen-bond donors (Lipinski definition) is 1. The highest BCUT2D eigenvalue weighted by Gasteiger charge is 2.21. The van der Waals surface area contributed by atoms with Crippen molar-refractivity contribution >= 4 is 11.9 Å². The normalized spacial score (nSPS) is 17.4. The SMILES string of the molecule is CC(C)(C)OC(=O)CCCC(=O)N1CCC(O)CC1. The van der Waals surface area contributed by atoms with Gasteiger partial charge >= 0.3 is 5.97 Å². The third kappa shape index (κ3) is 6.57. The van der Waals surface area contributed by atoms with Crippen LogP contribution >= 0.6 is 0 Å². The largest absolute Gasteiger partial charge is 0.460 e. The van der Waals surface area contributed by atoms with E-state index in [9.17, 15) is 14.7 Å². The van der Waals surface area contributed by atoms with Crippen molar-refractivity contribution in [2.24, 2.45) is 0 Å². The van der Waals surface area contributed by atoms with Crippen molar-refractivity contribution in [3.05, 3.63) is 0 Å². The topological polar surface area (TPSA) is 66.8 Å². The van der Waals surface area contributed by atoms with Gasteiger partial charge in [0.1, 0.15) is 5.60 Å². The number of hydrogen-bond acceptors (Lipinski definition) is 4. The summed E-state index contributed by atoms with van der Waals surface area (Å²) in [6.45, 7) is 6.72. The van der Waals surface area contributed by atoms with E-state index < -0.39 is 5.60 Å². The van der Waals surface area contributed by atoms with Crippen molar-refractivity contribution in [2.45, 2.75) is 64.6 Å². The molecule has 1 aliphatic rings. The quantitative estimate of drug-likeness (QED) is 0.787. The minimum atomic E-state index is -0.468. The summed E-state index contributed by atoms with van der Waals surface area (Å²) in [7, 11) is 0. The number of carbonyl (C=O) groups excluding carboxylic acids is 2. The molecule has 0 spiro atoms. The Morgan fingerprint density at radius 3 is 2.32 bits per heavy atom. The van der Waals surface area contributed by atoms with Crippen molar-refractivity contribution in [3.63, 3.8) is 0 Å². The molecule has 0 saturated carbocycles. The van der Waals surface area contributed by atoms with Crippen LogP contribution in [0.1, 0.15) is 52.9 Å². The summed E-state index contributed by atoms with van der Waals surface area (Å²) in [5.41, 5.74) is -0.468. The number of likely N-dealkylation sites (tertiary alicyclic amines) is 1. The summed E-state index contributed by atoms with van der Waals surface area (Å²) in [4.78, 5) is 25.1. The first kappa shape index (κ1) is 16.0. The number of aliphatic hydroxyl groups is 1. The van der Waals surface area contributed by atoms with Gasteiger partial charge in [-0.3, -0.25) is 9.59 Å². The van der Waals surface area contributed by atoms with Crippen LogP contribution < -0.4 is 0 Å². The molecule has 0 atom stereocenters. The number of piperidine rings is 1. The van der Waals surface area contributed by atoms with Crippen molar-refractivity contribution in [1.82, 2.24) is 4.90 Å². The summed E-state index contributed by atoms with van der Waals surface area (Å²) in [6, 6.07) is 0. The first-order valence-electron chi connectivity index (χ1n) is 6.95. The van der Waals surface area contributed by atoms with E-state index in [0.29, 0.717) is 38.8 Å². The van der Waals surface area contributed by atoms with Crippen molar-refractivity contribution in [3.8, 4) is 0 Å². The molecule has 19 heavy (non-hydrogen) atoms. The van der Waals surface area contributed by atoms with Crippen molar-refractivity contribution in [1.29, 1.82) is 0 Å². The molecule has 0 aromatic carbocycles. The van der Waals surface area contributed by atoms with E-state index in [1.165, 1.54) is 0 Å². The maximum absolute atomic E-state index is 11.9. The fourth-order valence-electron chi connectivity index (χ4n) is 2.05. The zero-order valence-electron chi connectivity index (χ0n) is 12.1. The molecule has 1 saturated heterocycles. The second-order valence-corrected chi connectivity index (χ2v) is 6.05. The lowest BCUT2D eigenvalue weighted by Gasteiger charge is -2.29. The monoisotopic (exact) mass is 271 g/mol. The molecule has 1 N–H and O–H groups in total. The number of amides is 1. The van der Waals surface area contributed by atoms with E-state index in [-0.39, 0.29) is 24.4 Å². The van der Waals surface area contributed by atoms with Crippen LogP contribution in [0.4, 0.5) is 0 Å². The van der Waals surface area contributed by atoms with Crippen LogP contribution in [0, 0.1) is 0 Å². The fraction of sp³-hybridized carbons (Fsp3) is 0.857. The molecule has 5 nitrogen and oxygen atoms in total. The van der Waals surface area contributed by atoms with E-state index in [0.717, 1.165) is 0 Å². The predicted molar refractivity (Wildman–Crippen MR) is 71.5 cm³/mol. The third-order valence-corrected chi connectivity index (χ3v) is 3.01. The maximum Gasteiger partial charge on any atom is 0.306 e. The molecule has 0 aromatic rings. The van der Waals surface area contributed by atoms with Gasteiger partial charge in [0.2, 0.25) is 5.91 Å². The van der Waals surface area contributed by atoms with Crippen LogP contribution in [-0.2, 0) is 14.3 Å². The molecule has 110 valence electrons. The average Bonchev–Trinajstić information content (AvgIpc) is 2.27. The molecule has 0 unspecified atom stereocenters. The number of esters is 1. The smallest absolute Gasteiger partial charge is 0.306 e. The molecule has 0 aromatic heterocycles. The van der Waals surface area contributed by atoms with Crippen LogP contribution in [-0.4, -0.2) is 46.7 Å². The predicted octanol–water partition coefficient (Wildman–Crippen LogP) is 1.48. The van der Waals surface area contributed by atoms with Crippen LogP contribution in [0.15, 0.2) is 0 Å². The molecule has 5 heteroatoms. The zero-order valence-corrected chi connectivity index (χ0v) is 12.1. The van der Waals surface area contributed by atoms with E-state index in [1.807, 2.05) is 20.8 Å². The van der Waals surface area contributed by atoms with Gasteiger partial charge in [-0.25, -0.2) is 0 Å². The Bertz CT molecular complexity index is 314. The third-order valence-electron chi connectivity index (χ3n) is 3.01.